The van der Waals surface area contributed by atoms with E-state index in [9.17, 15) is 0 Å². The van der Waals surface area contributed by atoms with E-state index in [2.05, 4.69) is 37.1 Å². The van der Waals surface area contributed by atoms with Crippen molar-refractivity contribution in [2.24, 2.45) is 5.73 Å². The van der Waals surface area contributed by atoms with E-state index in [0.717, 1.165) is 44.6 Å². The van der Waals surface area contributed by atoms with Gasteiger partial charge in [-0.1, -0.05) is 19.1 Å². The molecule has 102 valence electrons. The highest BCUT2D eigenvalue weighted by Crippen LogP contribution is 2.20. The quantitative estimate of drug-likeness (QED) is 0.767. The Hall–Kier alpha value is -1.06. The summed E-state index contributed by atoms with van der Waals surface area (Å²) < 4.78 is 5.35. The number of benzene rings is 1. The molecule has 0 aliphatic carbocycles. The molecule has 0 amide bonds. The Labute approximate surface area is 111 Å². The number of methoxy groups -OCH3 is 1. The lowest BCUT2D eigenvalue weighted by Crippen LogP contribution is -2.24. The van der Waals surface area contributed by atoms with E-state index in [1.54, 1.807) is 7.11 Å². The molecule has 1 rings (SSSR count). The summed E-state index contributed by atoms with van der Waals surface area (Å²) >= 11 is 0. The maximum absolute atomic E-state index is 5.51. The van der Waals surface area contributed by atoms with Crippen molar-refractivity contribution in [3.8, 4) is 5.75 Å². The molecule has 0 aliphatic heterocycles. The molecule has 3 nitrogen and oxygen atoms in total. The summed E-state index contributed by atoms with van der Waals surface area (Å²) in [7, 11) is 3.88. The molecule has 3 heteroatoms. The van der Waals surface area contributed by atoms with E-state index in [1.165, 1.54) is 11.1 Å². The minimum Gasteiger partial charge on any atom is -0.496 e. The summed E-state index contributed by atoms with van der Waals surface area (Å²) in [6, 6.07) is 6.50. The largest absolute Gasteiger partial charge is 0.496 e. The number of rotatable bonds is 8. The normalized spacial score (nSPS) is 10.9. The number of aryl methyl sites for hydroxylation is 1. The van der Waals surface area contributed by atoms with E-state index >= 15 is 0 Å². The van der Waals surface area contributed by atoms with Crippen LogP contribution in [0, 0.1) is 0 Å². The molecule has 18 heavy (non-hydrogen) atoms. The molecule has 0 unspecified atom stereocenters. The van der Waals surface area contributed by atoms with Crippen LogP contribution in [0.4, 0.5) is 0 Å². The molecular formula is C15H26N2O. The number of hydrogen-bond donors (Lipinski definition) is 1. The van der Waals surface area contributed by atoms with Gasteiger partial charge in [0, 0.05) is 6.54 Å². The third kappa shape index (κ3) is 4.67. The van der Waals surface area contributed by atoms with E-state index in [4.69, 9.17) is 10.5 Å². The van der Waals surface area contributed by atoms with Gasteiger partial charge in [-0.25, -0.2) is 0 Å². The molecule has 0 radical (unpaired) electrons. The van der Waals surface area contributed by atoms with E-state index in [-0.39, 0.29) is 0 Å². The van der Waals surface area contributed by atoms with Crippen molar-refractivity contribution in [3.63, 3.8) is 0 Å². The minimum atomic E-state index is 0.771. The van der Waals surface area contributed by atoms with Gasteiger partial charge in [0.25, 0.3) is 0 Å². The van der Waals surface area contributed by atoms with E-state index in [1.807, 2.05) is 0 Å². The summed E-state index contributed by atoms with van der Waals surface area (Å²) in [6.45, 7) is 5.09. The van der Waals surface area contributed by atoms with Crippen molar-refractivity contribution in [3.05, 3.63) is 29.3 Å². The average molecular weight is 250 g/mol. The average Bonchev–Trinajstić information content (AvgIpc) is 2.42. The van der Waals surface area contributed by atoms with Crippen molar-refractivity contribution in [1.82, 2.24) is 4.90 Å². The molecule has 1 aromatic rings. The van der Waals surface area contributed by atoms with Crippen LogP contribution in [-0.4, -0.2) is 38.7 Å². The SMILES string of the molecule is CCc1cc(CCN(C)CCCN)ccc1OC. The van der Waals surface area contributed by atoms with Crippen molar-refractivity contribution >= 4 is 0 Å². The van der Waals surface area contributed by atoms with Gasteiger partial charge in [-0.15, -0.1) is 0 Å². The first-order valence-corrected chi connectivity index (χ1v) is 6.75. The van der Waals surface area contributed by atoms with Gasteiger partial charge >= 0.3 is 0 Å². The van der Waals surface area contributed by atoms with Gasteiger partial charge in [-0.05, 0) is 56.6 Å². The molecule has 0 fully saturated rings. The lowest BCUT2D eigenvalue weighted by Gasteiger charge is -2.16. The summed E-state index contributed by atoms with van der Waals surface area (Å²) in [6.07, 6.45) is 3.16. The predicted molar refractivity (Wildman–Crippen MR) is 77.2 cm³/mol. The fraction of sp³-hybridized carbons (Fsp3) is 0.600. The van der Waals surface area contributed by atoms with Crippen LogP contribution < -0.4 is 10.5 Å². The Balaban J connectivity index is 2.52. The number of ether oxygens (including phenoxy) is 1. The highest BCUT2D eigenvalue weighted by Gasteiger charge is 2.04. The molecule has 0 aliphatic rings. The van der Waals surface area contributed by atoms with Crippen molar-refractivity contribution in [1.29, 1.82) is 0 Å². The maximum Gasteiger partial charge on any atom is 0.122 e. The molecule has 2 N–H and O–H groups in total. The van der Waals surface area contributed by atoms with Crippen LogP contribution in [0.2, 0.25) is 0 Å². The standard InChI is InChI=1S/C15H26N2O/c1-4-14-12-13(6-7-15(14)18-3)8-11-17(2)10-5-9-16/h6-7,12H,4-5,8-11,16H2,1-3H3. The van der Waals surface area contributed by atoms with E-state index < -0.39 is 0 Å². The smallest absolute Gasteiger partial charge is 0.122 e. The van der Waals surface area contributed by atoms with Crippen LogP contribution in [0.3, 0.4) is 0 Å². The summed E-state index contributed by atoms with van der Waals surface area (Å²) in [5, 5.41) is 0. The molecule has 0 bridgehead atoms. The third-order valence-corrected chi connectivity index (χ3v) is 3.25. The minimum absolute atomic E-state index is 0.771. The highest BCUT2D eigenvalue weighted by atomic mass is 16.5. The first kappa shape index (κ1) is 15.0. The third-order valence-electron chi connectivity index (χ3n) is 3.25. The number of likely N-dealkylation sites (N-methyl/N-ethyl adjacent to an activating group) is 1. The van der Waals surface area contributed by atoms with Crippen LogP contribution in [0.15, 0.2) is 18.2 Å². The topological polar surface area (TPSA) is 38.5 Å². The Morgan fingerprint density at radius 1 is 1.28 bits per heavy atom. The zero-order chi connectivity index (χ0) is 13.4. The zero-order valence-corrected chi connectivity index (χ0v) is 11.9. The van der Waals surface area contributed by atoms with Crippen LogP contribution in [0.5, 0.6) is 5.75 Å². The lowest BCUT2D eigenvalue weighted by atomic mass is 10.1. The molecule has 0 heterocycles. The Kier molecular flexibility index (Phi) is 6.76. The second-order valence-corrected chi connectivity index (χ2v) is 4.70. The predicted octanol–water partition coefficient (Wildman–Crippen LogP) is 2.08. The Bertz CT molecular complexity index is 352. The van der Waals surface area contributed by atoms with Crippen molar-refractivity contribution in [2.45, 2.75) is 26.2 Å². The highest BCUT2D eigenvalue weighted by molar-refractivity contribution is 5.37. The van der Waals surface area contributed by atoms with Gasteiger partial charge in [0.1, 0.15) is 5.75 Å². The van der Waals surface area contributed by atoms with Gasteiger partial charge in [0.2, 0.25) is 0 Å². The number of nitrogens with two attached hydrogens (primary N) is 1. The first-order chi connectivity index (χ1) is 8.71. The van der Waals surface area contributed by atoms with Crippen LogP contribution in [0.25, 0.3) is 0 Å². The van der Waals surface area contributed by atoms with Gasteiger partial charge < -0.3 is 15.4 Å². The second-order valence-electron chi connectivity index (χ2n) is 4.70. The van der Waals surface area contributed by atoms with E-state index in [0.29, 0.717) is 0 Å². The molecule has 0 spiro atoms. The van der Waals surface area contributed by atoms with Crippen LogP contribution in [0.1, 0.15) is 24.5 Å². The lowest BCUT2D eigenvalue weighted by molar-refractivity contribution is 0.335. The van der Waals surface area contributed by atoms with Gasteiger partial charge in [-0.2, -0.15) is 0 Å². The molecule has 0 saturated carbocycles. The fourth-order valence-corrected chi connectivity index (χ4v) is 2.06. The summed E-state index contributed by atoms with van der Waals surface area (Å²) in [4.78, 5) is 2.34. The molecule has 1 aromatic carbocycles. The second kappa shape index (κ2) is 8.11. The van der Waals surface area contributed by atoms with Gasteiger partial charge in [-0.3, -0.25) is 0 Å². The molecule has 0 aromatic heterocycles. The summed E-state index contributed by atoms with van der Waals surface area (Å²) in [5.41, 5.74) is 8.19. The maximum atomic E-state index is 5.51. The fourth-order valence-electron chi connectivity index (χ4n) is 2.06. The number of hydrogen-bond acceptors (Lipinski definition) is 3. The zero-order valence-electron chi connectivity index (χ0n) is 11.9. The van der Waals surface area contributed by atoms with Crippen LogP contribution in [-0.2, 0) is 12.8 Å². The molecular weight excluding hydrogens is 224 g/mol. The summed E-state index contributed by atoms with van der Waals surface area (Å²) in [5.74, 6) is 0.998. The Morgan fingerprint density at radius 3 is 2.67 bits per heavy atom. The molecule has 0 atom stereocenters. The van der Waals surface area contributed by atoms with Crippen molar-refractivity contribution in [2.75, 3.05) is 33.8 Å². The van der Waals surface area contributed by atoms with Gasteiger partial charge in [0.05, 0.1) is 7.11 Å². The van der Waals surface area contributed by atoms with Gasteiger partial charge in [0.15, 0.2) is 0 Å². The van der Waals surface area contributed by atoms with Crippen LogP contribution >= 0.6 is 0 Å². The Morgan fingerprint density at radius 2 is 2.06 bits per heavy atom. The number of nitrogens with zero attached hydrogens (tertiary/aromatic N) is 1. The molecule has 0 saturated heterocycles. The first-order valence-electron chi connectivity index (χ1n) is 6.75. The van der Waals surface area contributed by atoms with Crippen molar-refractivity contribution < 1.29 is 4.74 Å². The monoisotopic (exact) mass is 250 g/mol.